The fourth-order valence-electron chi connectivity index (χ4n) is 3.06. The third-order valence-corrected chi connectivity index (χ3v) is 4.38. The maximum Gasteiger partial charge on any atom is 0.0522 e. The molecule has 100 valence electrons. The Morgan fingerprint density at radius 1 is 1.33 bits per heavy atom. The van der Waals surface area contributed by atoms with Gasteiger partial charge in [-0.1, -0.05) is 6.92 Å². The molecule has 0 radical (unpaired) electrons. The highest BCUT2D eigenvalue weighted by Gasteiger charge is 2.40. The van der Waals surface area contributed by atoms with Gasteiger partial charge < -0.3 is 5.32 Å². The maximum absolute atomic E-state index is 4.38. The molecule has 1 heterocycles. The molecule has 3 rings (SSSR count). The number of hydrogen-bond acceptors (Lipinski definition) is 2. The molecule has 2 saturated carbocycles. The van der Waals surface area contributed by atoms with Crippen molar-refractivity contribution < 1.29 is 0 Å². The van der Waals surface area contributed by atoms with Crippen molar-refractivity contribution in [3.05, 3.63) is 18.0 Å². The van der Waals surface area contributed by atoms with E-state index < -0.39 is 0 Å². The van der Waals surface area contributed by atoms with Crippen LogP contribution in [0.15, 0.2) is 12.3 Å². The van der Waals surface area contributed by atoms with Crippen LogP contribution in [0.3, 0.4) is 0 Å². The monoisotopic (exact) mass is 247 g/mol. The Bertz CT molecular complexity index is 365. The fraction of sp³-hybridized carbons (Fsp3) is 0.800. The van der Waals surface area contributed by atoms with Crippen molar-refractivity contribution in [2.75, 3.05) is 6.54 Å². The average molecular weight is 247 g/mol. The van der Waals surface area contributed by atoms with Gasteiger partial charge in [-0.25, -0.2) is 0 Å². The van der Waals surface area contributed by atoms with Crippen molar-refractivity contribution in [1.29, 1.82) is 0 Å². The molecule has 0 atom stereocenters. The first-order valence-corrected chi connectivity index (χ1v) is 7.60. The summed E-state index contributed by atoms with van der Waals surface area (Å²) in [6.45, 7) is 5.44. The molecule has 3 heteroatoms. The van der Waals surface area contributed by atoms with Crippen LogP contribution in [0.4, 0.5) is 0 Å². The van der Waals surface area contributed by atoms with Crippen LogP contribution < -0.4 is 5.32 Å². The number of nitrogens with one attached hydrogen (secondary N) is 1. The Balaban J connectivity index is 1.46. The number of hydrogen-bond donors (Lipinski definition) is 1. The Kier molecular flexibility index (Phi) is 3.69. The highest BCUT2D eigenvalue weighted by Crippen LogP contribution is 2.48. The van der Waals surface area contributed by atoms with E-state index >= 15 is 0 Å². The van der Waals surface area contributed by atoms with Gasteiger partial charge in [-0.3, -0.25) is 4.68 Å². The molecule has 3 nitrogen and oxygen atoms in total. The summed E-state index contributed by atoms with van der Waals surface area (Å²) in [6, 6.07) is 2.14. The summed E-state index contributed by atoms with van der Waals surface area (Å²) in [5.41, 5.74) is 1.34. The molecule has 0 spiro atoms. The van der Waals surface area contributed by atoms with E-state index in [1.165, 1.54) is 37.9 Å². The molecular formula is C15H25N3. The first-order chi connectivity index (χ1) is 8.88. The number of nitrogens with zero attached hydrogens (tertiary/aromatic N) is 2. The summed E-state index contributed by atoms with van der Waals surface area (Å²) in [5.74, 6) is 3.06. The minimum atomic E-state index is 0.965. The summed E-state index contributed by atoms with van der Waals surface area (Å²) < 4.78 is 2.14. The minimum absolute atomic E-state index is 0.965. The Hall–Kier alpha value is -0.830. The lowest BCUT2D eigenvalue weighted by molar-refractivity contribution is 0.375. The van der Waals surface area contributed by atoms with Crippen molar-refractivity contribution in [2.45, 2.75) is 52.1 Å². The minimum Gasteiger partial charge on any atom is -0.311 e. The first kappa shape index (κ1) is 12.2. The van der Waals surface area contributed by atoms with Crippen molar-refractivity contribution in [2.24, 2.45) is 17.8 Å². The van der Waals surface area contributed by atoms with E-state index in [-0.39, 0.29) is 0 Å². The molecule has 0 amide bonds. The highest BCUT2D eigenvalue weighted by molar-refractivity contribution is 5.00. The van der Waals surface area contributed by atoms with Gasteiger partial charge in [0.15, 0.2) is 0 Å². The molecule has 2 aliphatic carbocycles. The summed E-state index contributed by atoms with van der Waals surface area (Å²) >= 11 is 0. The third-order valence-electron chi connectivity index (χ3n) is 4.38. The molecule has 0 bridgehead atoms. The number of rotatable bonds is 8. The van der Waals surface area contributed by atoms with E-state index in [9.17, 15) is 0 Å². The van der Waals surface area contributed by atoms with Crippen LogP contribution in [0.25, 0.3) is 0 Å². The molecule has 1 aromatic rings. The second-order valence-corrected chi connectivity index (χ2v) is 6.02. The van der Waals surface area contributed by atoms with Gasteiger partial charge in [0.25, 0.3) is 0 Å². The molecule has 1 N–H and O–H groups in total. The normalized spacial score (nSPS) is 19.7. The SMILES string of the molecule is CCCn1nccc1CNCC(C1CC1)C1CC1. The number of aryl methyl sites for hydroxylation is 1. The lowest BCUT2D eigenvalue weighted by Gasteiger charge is -2.16. The fourth-order valence-corrected chi connectivity index (χ4v) is 3.06. The van der Waals surface area contributed by atoms with E-state index in [2.05, 4.69) is 28.1 Å². The highest BCUT2D eigenvalue weighted by atomic mass is 15.3. The molecule has 0 unspecified atom stereocenters. The quantitative estimate of drug-likeness (QED) is 0.765. The predicted molar refractivity (Wildman–Crippen MR) is 73.2 cm³/mol. The van der Waals surface area contributed by atoms with E-state index in [4.69, 9.17) is 0 Å². The molecule has 0 aliphatic heterocycles. The molecule has 0 aromatic carbocycles. The van der Waals surface area contributed by atoms with Crippen molar-refractivity contribution >= 4 is 0 Å². The maximum atomic E-state index is 4.38. The summed E-state index contributed by atoms with van der Waals surface area (Å²) in [4.78, 5) is 0. The topological polar surface area (TPSA) is 29.9 Å². The van der Waals surface area contributed by atoms with Crippen LogP contribution in [-0.2, 0) is 13.1 Å². The van der Waals surface area contributed by atoms with Crippen LogP contribution in [0, 0.1) is 17.8 Å². The Labute approximate surface area is 110 Å². The van der Waals surface area contributed by atoms with Gasteiger partial charge in [-0.2, -0.15) is 5.10 Å². The smallest absolute Gasteiger partial charge is 0.0522 e. The van der Waals surface area contributed by atoms with Crippen molar-refractivity contribution in [3.8, 4) is 0 Å². The van der Waals surface area contributed by atoms with E-state index in [1.54, 1.807) is 0 Å². The zero-order chi connectivity index (χ0) is 12.4. The van der Waals surface area contributed by atoms with Crippen LogP contribution >= 0.6 is 0 Å². The Morgan fingerprint density at radius 2 is 2.06 bits per heavy atom. The van der Waals surface area contributed by atoms with E-state index in [0.717, 1.165) is 37.3 Å². The summed E-state index contributed by atoms with van der Waals surface area (Å²) in [6.07, 6.45) is 9.01. The van der Waals surface area contributed by atoms with Gasteiger partial charge in [0.1, 0.15) is 0 Å². The van der Waals surface area contributed by atoms with Gasteiger partial charge in [0, 0.05) is 19.3 Å². The largest absolute Gasteiger partial charge is 0.311 e. The molecule has 0 saturated heterocycles. The second-order valence-electron chi connectivity index (χ2n) is 6.02. The van der Waals surface area contributed by atoms with Gasteiger partial charge in [-0.15, -0.1) is 0 Å². The first-order valence-electron chi connectivity index (χ1n) is 7.60. The third kappa shape index (κ3) is 2.94. The van der Waals surface area contributed by atoms with Gasteiger partial charge in [0.05, 0.1) is 5.69 Å². The lowest BCUT2D eigenvalue weighted by atomic mass is 9.98. The van der Waals surface area contributed by atoms with E-state index in [1.807, 2.05) is 6.20 Å². The van der Waals surface area contributed by atoms with Crippen LogP contribution in [0.2, 0.25) is 0 Å². The lowest BCUT2D eigenvalue weighted by Crippen LogP contribution is -2.26. The van der Waals surface area contributed by atoms with Crippen molar-refractivity contribution in [1.82, 2.24) is 15.1 Å². The number of aromatic nitrogens is 2. The van der Waals surface area contributed by atoms with Gasteiger partial charge >= 0.3 is 0 Å². The average Bonchev–Trinajstić information content (AvgIpc) is 3.27. The Morgan fingerprint density at radius 3 is 2.67 bits per heavy atom. The summed E-state index contributed by atoms with van der Waals surface area (Å²) in [5, 5.41) is 8.04. The zero-order valence-electron chi connectivity index (χ0n) is 11.4. The van der Waals surface area contributed by atoms with E-state index in [0.29, 0.717) is 0 Å². The van der Waals surface area contributed by atoms with Crippen LogP contribution in [-0.4, -0.2) is 16.3 Å². The van der Waals surface area contributed by atoms with Gasteiger partial charge in [0.2, 0.25) is 0 Å². The standard InChI is InChI=1S/C15H25N3/c1-2-9-18-14(7-8-17-18)10-16-11-15(12-3-4-12)13-5-6-13/h7-8,12-13,15-16H,2-6,9-11H2,1H3. The van der Waals surface area contributed by atoms with Crippen LogP contribution in [0.5, 0.6) is 0 Å². The van der Waals surface area contributed by atoms with Crippen molar-refractivity contribution in [3.63, 3.8) is 0 Å². The van der Waals surface area contributed by atoms with Gasteiger partial charge in [-0.05, 0) is 62.5 Å². The molecular weight excluding hydrogens is 222 g/mol. The second kappa shape index (κ2) is 5.43. The van der Waals surface area contributed by atoms with Crippen LogP contribution in [0.1, 0.15) is 44.7 Å². The summed E-state index contributed by atoms with van der Waals surface area (Å²) in [7, 11) is 0. The molecule has 1 aromatic heterocycles. The molecule has 2 aliphatic rings. The zero-order valence-corrected chi connectivity index (χ0v) is 11.4. The predicted octanol–water partition coefficient (Wildman–Crippen LogP) is 2.82. The molecule has 2 fully saturated rings. The molecule has 18 heavy (non-hydrogen) atoms.